The summed E-state index contributed by atoms with van der Waals surface area (Å²) < 4.78 is 0. The zero-order valence-corrected chi connectivity index (χ0v) is 12.1. The molecular formula is C12H19NO3S2. The molecule has 0 aromatic carbocycles. The molecule has 2 aliphatic rings. The molecule has 0 aliphatic carbocycles. The van der Waals surface area contributed by atoms with Gasteiger partial charge in [0, 0.05) is 5.75 Å². The molecule has 2 fully saturated rings. The molecule has 6 heteroatoms. The summed E-state index contributed by atoms with van der Waals surface area (Å²) >= 11 is 3.29. The lowest BCUT2D eigenvalue weighted by molar-refractivity contribution is -0.149. The average Bonchev–Trinajstić information content (AvgIpc) is 2.82. The number of thioether (sulfide) groups is 2. The summed E-state index contributed by atoms with van der Waals surface area (Å²) in [5.74, 6) is 0.722. The topological polar surface area (TPSA) is 57.6 Å². The van der Waals surface area contributed by atoms with Crippen molar-refractivity contribution < 1.29 is 14.7 Å². The van der Waals surface area contributed by atoms with Crippen LogP contribution in [0.15, 0.2) is 0 Å². The van der Waals surface area contributed by atoms with Crippen molar-refractivity contribution in [3.8, 4) is 0 Å². The Balaban J connectivity index is 2.10. The Labute approximate surface area is 116 Å². The van der Waals surface area contributed by atoms with Gasteiger partial charge in [-0.05, 0) is 25.0 Å². The van der Waals surface area contributed by atoms with Crippen molar-refractivity contribution >= 4 is 35.4 Å². The standard InChI is InChI=1S/C12H19NO3S2/c1-2-10-13(8(7-18-10)12(15)16)11(14)9-5-3-4-6-17-9/h8-10H,2-7H2,1H3,(H,15,16). The van der Waals surface area contributed by atoms with E-state index < -0.39 is 12.0 Å². The molecule has 2 saturated heterocycles. The maximum atomic E-state index is 12.5. The fourth-order valence-electron chi connectivity index (χ4n) is 2.47. The minimum atomic E-state index is -0.868. The highest BCUT2D eigenvalue weighted by Gasteiger charge is 2.43. The van der Waals surface area contributed by atoms with E-state index in [2.05, 4.69) is 0 Å². The van der Waals surface area contributed by atoms with Crippen LogP contribution in [0.3, 0.4) is 0 Å². The van der Waals surface area contributed by atoms with Crippen LogP contribution in [0.2, 0.25) is 0 Å². The van der Waals surface area contributed by atoms with Gasteiger partial charge in [-0.15, -0.1) is 23.5 Å². The van der Waals surface area contributed by atoms with E-state index in [1.165, 1.54) is 6.42 Å². The lowest BCUT2D eigenvalue weighted by Gasteiger charge is -2.31. The Hall–Kier alpha value is -0.360. The Morgan fingerprint density at radius 3 is 2.67 bits per heavy atom. The number of carboxylic acid groups (broad SMARTS) is 1. The predicted molar refractivity (Wildman–Crippen MR) is 74.9 cm³/mol. The predicted octanol–water partition coefficient (Wildman–Crippen LogP) is 2.04. The van der Waals surface area contributed by atoms with Crippen molar-refractivity contribution in [1.29, 1.82) is 0 Å². The summed E-state index contributed by atoms with van der Waals surface area (Å²) in [6, 6.07) is -0.630. The molecule has 2 heterocycles. The number of carboxylic acids is 1. The fourth-order valence-corrected chi connectivity index (χ4v) is 5.07. The molecule has 0 aromatic heterocycles. The lowest BCUT2D eigenvalue weighted by Crippen LogP contribution is -2.49. The molecule has 1 amide bonds. The van der Waals surface area contributed by atoms with Crippen LogP contribution in [0.25, 0.3) is 0 Å². The molecule has 18 heavy (non-hydrogen) atoms. The molecule has 1 N–H and O–H groups in total. The molecule has 3 unspecified atom stereocenters. The monoisotopic (exact) mass is 289 g/mol. The second-order valence-electron chi connectivity index (χ2n) is 4.65. The van der Waals surface area contributed by atoms with Crippen LogP contribution < -0.4 is 0 Å². The van der Waals surface area contributed by atoms with Crippen molar-refractivity contribution in [2.24, 2.45) is 0 Å². The third-order valence-corrected chi connectivity index (χ3v) is 6.25. The summed E-state index contributed by atoms with van der Waals surface area (Å²) in [5, 5.41) is 9.25. The van der Waals surface area contributed by atoms with E-state index >= 15 is 0 Å². The molecule has 0 bridgehead atoms. The largest absolute Gasteiger partial charge is 0.480 e. The summed E-state index contributed by atoms with van der Waals surface area (Å²) in [7, 11) is 0. The highest BCUT2D eigenvalue weighted by molar-refractivity contribution is 8.01. The van der Waals surface area contributed by atoms with Gasteiger partial charge >= 0.3 is 5.97 Å². The zero-order valence-electron chi connectivity index (χ0n) is 10.5. The first kappa shape index (κ1) is 14.1. The van der Waals surface area contributed by atoms with Gasteiger partial charge < -0.3 is 10.0 Å². The van der Waals surface area contributed by atoms with Gasteiger partial charge in [0.2, 0.25) is 5.91 Å². The molecule has 0 radical (unpaired) electrons. The van der Waals surface area contributed by atoms with Gasteiger partial charge in [0.1, 0.15) is 6.04 Å². The molecular weight excluding hydrogens is 270 g/mol. The van der Waals surface area contributed by atoms with Crippen LogP contribution in [-0.2, 0) is 9.59 Å². The smallest absolute Gasteiger partial charge is 0.327 e. The minimum absolute atomic E-state index is 0.0200. The SMILES string of the molecule is CCC1SCC(C(=O)O)N1C(=O)C1CCCCS1. The number of aliphatic carboxylic acids is 1. The van der Waals surface area contributed by atoms with Gasteiger partial charge in [0.25, 0.3) is 0 Å². The van der Waals surface area contributed by atoms with E-state index in [0.29, 0.717) is 5.75 Å². The highest BCUT2D eigenvalue weighted by atomic mass is 32.2. The van der Waals surface area contributed by atoms with Gasteiger partial charge in [-0.1, -0.05) is 13.3 Å². The van der Waals surface area contributed by atoms with E-state index in [0.717, 1.165) is 25.0 Å². The Kier molecular flexibility index (Phi) is 4.84. The third kappa shape index (κ3) is 2.79. The van der Waals surface area contributed by atoms with Crippen molar-refractivity contribution in [3.63, 3.8) is 0 Å². The maximum absolute atomic E-state index is 12.5. The maximum Gasteiger partial charge on any atom is 0.327 e. The van der Waals surface area contributed by atoms with Crippen molar-refractivity contribution in [3.05, 3.63) is 0 Å². The molecule has 4 nitrogen and oxygen atoms in total. The number of hydrogen-bond acceptors (Lipinski definition) is 4. The summed E-state index contributed by atoms with van der Waals surface area (Å²) in [5.41, 5.74) is 0. The van der Waals surface area contributed by atoms with E-state index in [1.54, 1.807) is 28.4 Å². The summed E-state index contributed by atoms with van der Waals surface area (Å²) in [6.45, 7) is 2.01. The van der Waals surface area contributed by atoms with Gasteiger partial charge in [-0.25, -0.2) is 4.79 Å². The molecule has 2 rings (SSSR count). The van der Waals surface area contributed by atoms with Gasteiger partial charge in [-0.2, -0.15) is 0 Å². The van der Waals surface area contributed by atoms with Gasteiger partial charge in [0.05, 0.1) is 10.6 Å². The Bertz CT molecular complexity index is 331. The molecule has 2 aliphatic heterocycles. The lowest BCUT2D eigenvalue weighted by atomic mass is 10.1. The normalized spacial score (nSPS) is 32.5. The number of rotatable bonds is 3. The molecule has 0 saturated carbocycles. The molecule has 102 valence electrons. The van der Waals surface area contributed by atoms with Crippen LogP contribution in [0.4, 0.5) is 0 Å². The van der Waals surface area contributed by atoms with Crippen LogP contribution in [0, 0.1) is 0 Å². The van der Waals surface area contributed by atoms with Crippen LogP contribution >= 0.6 is 23.5 Å². The Morgan fingerprint density at radius 2 is 2.11 bits per heavy atom. The average molecular weight is 289 g/mol. The van der Waals surface area contributed by atoms with E-state index in [-0.39, 0.29) is 16.5 Å². The van der Waals surface area contributed by atoms with E-state index in [1.807, 2.05) is 6.92 Å². The number of hydrogen-bond donors (Lipinski definition) is 1. The van der Waals surface area contributed by atoms with Crippen molar-refractivity contribution in [2.75, 3.05) is 11.5 Å². The first-order valence-corrected chi connectivity index (χ1v) is 8.53. The fraction of sp³-hybridized carbons (Fsp3) is 0.833. The number of nitrogens with zero attached hydrogens (tertiary/aromatic N) is 1. The zero-order chi connectivity index (χ0) is 13.1. The minimum Gasteiger partial charge on any atom is -0.480 e. The van der Waals surface area contributed by atoms with Crippen LogP contribution in [-0.4, -0.2) is 50.1 Å². The first-order chi connectivity index (χ1) is 8.65. The summed E-state index contributed by atoms with van der Waals surface area (Å²) in [6.07, 6.45) is 3.96. The number of carbonyl (C=O) groups excluding carboxylic acids is 1. The number of carbonyl (C=O) groups is 2. The van der Waals surface area contributed by atoms with Crippen LogP contribution in [0.5, 0.6) is 0 Å². The van der Waals surface area contributed by atoms with Crippen LogP contribution in [0.1, 0.15) is 32.6 Å². The molecule has 0 aromatic rings. The highest BCUT2D eigenvalue weighted by Crippen LogP contribution is 2.35. The van der Waals surface area contributed by atoms with Crippen molar-refractivity contribution in [2.45, 2.75) is 49.3 Å². The van der Waals surface area contributed by atoms with E-state index in [4.69, 9.17) is 0 Å². The number of amides is 1. The molecule has 0 spiro atoms. The van der Waals surface area contributed by atoms with E-state index in [9.17, 15) is 14.7 Å². The van der Waals surface area contributed by atoms with Gasteiger partial charge in [-0.3, -0.25) is 4.79 Å². The summed E-state index contributed by atoms with van der Waals surface area (Å²) in [4.78, 5) is 25.4. The third-order valence-electron chi connectivity index (χ3n) is 3.44. The second-order valence-corrected chi connectivity index (χ2v) is 7.17. The second kappa shape index (κ2) is 6.19. The molecule has 3 atom stereocenters. The first-order valence-electron chi connectivity index (χ1n) is 6.43. The van der Waals surface area contributed by atoms with Crippen molar-refractivity contribution in [1.82, 2.24) is 4.90 Å². The quantitative estimate of drug-likeness (QED) is 0.861. The Morgan fingerprint density at radius 1 is 1.33 bits per heavy atom. The van der Waals surface area contributed by atoms with Gasteiger partial charge in [0.15, 0.2) is 0 Å².